The molecule has 2 aromatic rings. The monoisotopic (exact) mass is 437 g/mol. The molecule has 136 valence electrons. The molecule has 0 saturated heterocycles. The van der Waals surface area contributed by atoms with Gasteiger partial charge in [0.05, 0.1) is 10.7 Å². The maximum atomic E-state index is 12.0. The van der Waals surface area contributed by atoms with Crippen LogP contribution in [0.2, 0.25) is 0 Å². The van der Waals surface area contributed by atoms with E-state index in [1.54, 1.807) is 0 Å². The number of hydrazine groups is 1. The van der Waals surface area contributed by atoms with Gasteiger partial charge in [0.2, 0.25) is 5.91 Å². The Labute approximate surface area is 162 Å². The van der Waals surface area contributed by atoms with Crippen molar-refractivity contribution in [1.82, 2.24) is 10.9 Å². The molecular weight excluding hydrogens is 422 g/mol. The zero-order valence-corrected chi connectivity index (χ0v) is 16.4. The molecular formula is C17H16BrN3O4S. The Morgan fingerprint density at radius 1 is 1.15 bits per heavy atom. The number of carbonyl (C=O) groups excluding carboxylic acids is 2. The third-order valence-electron chi connectivity index (χ3n) is 3.45. The average molecular weight is 438 g/mol. The fourth-order valence-electron chi connectivity index (χ4n) is 2.05. The molecule has 2 rings (SSSR count). The zero-order valence-electron chi connectivity index (χ0n) is 14.0. The molecule has 0 spiro atoms. The van der Waals surface area contributed by atoms with Gasteiger partial charge < -0.3 is 0 Å². The van der Waals surface area contributed by atoms with Crippen LogP contribution in [0.4, 0.5) is 5.69 Å². The summed E-state index contributed by atoms with van der Waals surface area (Å²) in [6.07, 6.45) is 0. The predicted molar refractivity (Wildman–Crippen MR) is 103 cm³/mol. The molecule has 26 heavy (non-hydrogen) atoms. The summed E-state index contributed by atoms with van der Waals surface area (Å²) in [6.45, 7) is 3.92. The highest BCUT2D eigenvalue weighted by Gasteiger charge is 2.13. The lowest BCUT2D eigenvalue weighted by Gasteiger charge is -2.10. The number of amides is 2. The van der Waals surface area contributed by atoms with Crippen molar-refractivity contribution >= 4 is 45.2 Å². The van der Waals surface area contributed by atoms with E-state index in [9.17, 15) is 19.7 Å². The summed E-state index contributed by atoms with van der Waals surface area (Å²) in [7, 11) is 0. The Hall–Kier alpha value is -2.39. The highest BCUT2D eigenvalue weighted by atomic mass is 79.9. The minimum atomic E-state index is -0.622. The summed E-state index contributed by atoms with van der Waals surface area (Å²) in [6, 6.07) is 9.23. The molecule has 0 unspecified atom stereocenters. The molecule has 0 bridgehead atoms. The van der Waals surface area contributed by atoms with Crippen molar-refractivity contribution < 1.29 is 14.5 Å². The number of benzene rings is 2. The highest BCUT2D eigenvalue weighted by molar-refractivity contribution is 9.10. The molecule has 0 fully saturated rings. The van der Waals surface area contributed by atoms with Gasteiger partial charge in [0.1, 0.15) is 0 Å². The molecule has 2 N–H and O–H groups in total. The number of nitro benzene ring substituents is 1. The van der Waals surface area contributed by atoms with Crippen LogP contribution in [-0.4, -0.2) is 22.5 Å². The van der Waals surface area contributed by atoms with Gasteiger partial charge in [-0.15, -0.1) is 11.8 Å². The van der Waals surface area contributed by atoms with Crippen LogP contribution in [0.15, 0.2) is 45.8 Å². The molecule has 7 nitrogen and oxygen atoms in total. The molecule has 2 amide bonds. The first-order valence-electron chi connectivity index (χ1n) is 7.51. The normalized spacial score (nSPS) is 10.3. The van der Waals surface area contributed by atoms with Crippen LogP contribution in [0.1, 0.15) is 21.5 Å². The first-order valence-corrected chi connectivity index (χ1v) is 9.29. The summed E-state index contributed by atoms with van der Waals surface area (Å²) in [5.74, 6) is -0.881. The van der Waals surface area contributed by atoms with Crippen molar-refractivity contribution in [3.8, 4) is 0 Å². The van der Waals surface area contributed by atoms with Gasteiger partial charge in [-0.25, -0.2) is 0 Å². The van der Waals surface area contributed by atoms with Gasteiger partial charge in [0.15, 0.2) is 0 Å². The van der Waals surface area contributed by atoms with Crippen molar-refractivity contribution in [2.24, 2.45) is 0 Å². The zero-order chi connectivity index (χ0) is 19.3. The number of halogens is 1. The second-order valence-corrected chi connectivity index (χ2v) is 7.34. The second kappa shape index (κ2) is 8.81. The van der Waals surface area contributed by atoms with Gasteiger partial charge in [-0.2, -0.15) is 0 Å². The number of carbonyl (C=O) groups is 2. The number of nitrogens with one attached hydrogen (secondary N) is 2. The predicted octanol–water partition coefficient (Wildman–Crippen LogP) is 3.53. The molecule has 0 aliphatic carbocycles. The summed E-state index contributed by atoms with van der Waals surface area (Å²) < 4.78 is 1.01. The lowest BCUT2D eigenvalue weighted by Crippen LogP contribution is -2.42. The van der Waals surface area contributed by atoms with E-state index in [0.717, 1.165) is 26.6 Å². The van der Waals surface area contributed by atoms with Gasteiger partial charge >= 0.3 is 0 Å². The molecule has 0 aliphatic rings. The van der Waals surface area contributed by atoms with Crippen LogP contribution < -0.4 is 10.9 Å². The standard InChI is InChI=1S/C17H16BrN3O4S/c1-10-7-15(11(2)6-14(10)18)26-9-16(22)19-20-17(23)12-4-3-5-13(8-12)21(24)25/h3-8H,9H2,1-2H3,(H,19,22)(H,20,23). The SMILES string of the molecule is Cc1cc(SCC(=O)NNC(=O)c2cccc([N+](=O)[O-])c2)c(C)cc1Br. The van der Waals surface area contributed by atoms with E-state index in [1.165, 1.54) is 30.0 Å². The van der Waals surface area contributed by atoms with Crippen LogP contribution in [-0.2, 0) is 4.79 Å². The Morgan fingerprint density at radius 3 is 2.58 bits per heavy atom. The number of rotatable bonds is 5. The Kier molecular flexibility index (Phi) is 6.76. The van der Waals surface area contributed by atoms with Crippen LogP contribution >= 0.6 is 27.7 Å². The minimum absolute atomic E-state index is 0.0894. The maximum absolute atomic E-state index is 12.0. The van der Waals surface area contributed by atoms with Gasteiger partial charge in [-0.05, 0) is 43.2 Å². The first-order chi connectivity index (χ1) is 12.3. The van der Waals surface area contributed by atoms with Crippen molar-refractivity contribution in [3.63, 3.8) is 0 Å². The van der Waals surface area contributed by atoms with Crippen LogP contribution in [0, 0.1) is 24.0 Å². The number of aryl methyl sites for hydroxylation is 2. The van der Waals surface area contributed by atoms with E-state index in [1.807, 2.05) is 26.0 Å². The van der Waals surface area contributed by atoms with Gasteiger partial charge in [-0.1, -0.05) is 22.0 Å². The topological polar surface area (TPSA) is 101 Å². The number of non-ortho nitro benzene ring substituents is 1. The van der Waals surface area contributed by atoms with Crippen LogP contribution in [0.25, 0.3) is 0 Å². The molecule has 0 atom stereocenters. The van der Waals surface area contributed by atoms with Gasteiger partial charge in [-0.3, -0.25) is 30.6 Å². The third kappa shape index (κ3) is 5.30. The lowest BCUT2D eigenvalue weighted by molar-refractivity contribution is -0.384. The van der Waals surface area contributed by atoms with E-state index in [2.05, 4.69) is 26.8 Å². The lowest BCUT2D eigenvalue weighted by atomic mass is 10.2. The third-order valence-corrected chi connectivity index (χ3v) is 5.46. The van der Waals surface area contributed by atoms with Crippen molar-refractivity contribution in [2.45, 2.75) is 18.7 Å². The quantitative estimate of drug-likeness (QED) is 0.423. The van der Waals surface area contributed by atoms with Crippen molar-refractivity contribution in [2.75, 3.05) is 5.75 Å². The number of nitrogens with zero attached hydrogens (tertiary/aromatic N) is 1. The molecule has 0 aromatic heterocycles. The smallest absolute Gasteiger partial charge is 0.270 e. The highest BCUT2D eigenvalue weighted by Crippen LogP contribution is 2.28. The maximum Gasteiger partial charge on any atom is 0.270 e. The molecule has 2 aromatic carbocycles. The van der Waals surface area contributed by atoms with Gasteiger partial charge in [0.25, 0.3) is 11.6 Å². The number of hydrogen-bond donors (Lipinski definition) is 2. The molecule has 9 heteroatoms. The first kappa shape index (κ1) is 19.9. The van der Waals surface area contributed by atoms with E-state index >= 15 is 0 Å². The van der Waals surface area contributed by atoms with Crippen molar-refractivity contribution in [1.29, 1.82) is 0 Å². The largest absolute Gasteiger partial charge is 0.272 e. The Morgan fingerprint density at radius 2 is 1.88 bits per heavy atom. The number of hydrogen-bond acceptors (Lipinski definition) is 5. The fraction of sp³-hybridized carbons (Fsp3) is 0.176. The van der Waals surface area contributed by atoms with Gasteiger partial charge in [0, 0.05) is 27.1 Å². The average Bonchev–Trinajstić information content (AvgIpc) is 2.61. The fourth-order valence-corrected chi connectivity index (χ4v) is 3.41. The number of nitro groups is 1. The molecule has 0 heterocycles. The van der Waals surface area contributed by atoms with E-state index in [4.69, 9.17) is 0 Å². The summed E-state index contributed by atoms with van der Waals surface area (Å²) in [4.78, 5) is 35.0. The molecule has 0 saturated carbocycles. The Bertz CT molecular complexity index is 873. The second-order valence-electron chi connectivity index (χ2n) is 5.47. The van der Waals surface area contributed by atoms with Crippen LogP contribution in [0.5, 0.6) is 0 Å². The molecule has 0 aliphatic heterocycles. The van der Waals surface area contributed by atoms with Crippen molar-refractivity contribution in [3.05, 3.63) is 67.7 Å². The van der Waals surface area contributed by atoms with Crippen LogP contribution in [0.3, 0.4) is 0 Å². The summed E-state index contributed by atoms with van der Waals surface area (Å²) in [5, 5.41) is 10.7. The Balaban J connectivity index is 1.89. The van der Waals surface area contributed by atoms with E-state index in [0.29, 0.717) is 0 Å². The minimum Gasteiger partial charge on any atom is -0.272 e. The van der Waals surface area contributed by atoms with E-state index < -0.39 is 10.8 Å². The van der Waals surface area contributed by atoms with E-state index in [-0.39, 0.29) is 22.9 Å². The number of thioether (sulfide) groups is 1. The summed E-state index contributed by atoms with van der Waals surface area (Å²) in [5.41, 5.74) is 6.57. The summed E-state index contributed by atoms with van der Waals surface area (Å²) >= 11 is 4.82. The molecule has 0 radical (unpaired) electrons.